The number of nitrogens with zero attached hydrogens (tertiary/aromatic N) is 4. The van der Waals surface area contributed by atoms with Crippen LogP contribution in [0.25, 0.3) is 22.4 Å². The summed E-state index contributed by atoms with van der Waals surface area (Å²) in [4.78, 5) is 21.2. The van der Waals surface area contributed by atoms with E-state index in [1.54, 1.807) is 49.0 Å². The van der Waals surface area contributed by atoms with E-state index in [9.17, 15) is 4.79 Å². The van der Waals surface area contributed by atoms with Gasteiger partial charge in [-0.1, -0.05) is 11.3 Å². The fourth-order valence-corrected chi connectivity index (χ4v) is 2.85. The smallest absolute Gasteiger partial charge is 0.291 e. The lowest BCUT2D eigenvalue weighted by Crippen LogP contribution is -2.23. The van der Waals surface area contributed by atoms with Crippen molar-refractivity contribution < 1.29 is 4.42 Å². The molecule has 0 aliphatic carbocycles. The molecule has 7 heteroatoms. The van der Waals surface area contributed by atoms with Crippen LogP contribution in [0.3, 0.4) is 0 Å². The molecule has 4 rings (SSSR count). The van der Waals surface area contributed by atoms with Crippen LogP contribution in [0.2, 0.25) is 0 Å². The van der Waals surface area contributed by atoms with Crippen LogP contribution in [0.15, 0.2) is 52.1 Å². The monoisotopic (exact) mass is 296 g/mol. The second kappa shape index (κ2) is 4.64. The third-order valence-corrected chi connectivity index (χ3v) is 3.90. The van der Waals surface area contributed by atoms with Gasteiger partial charge < -0.3 is 4.42 Å². The molecule has 4 aromatic rings. The van der Waals surface area contributed by atoms with E-state index in [4.69, 9.17) is 4.42 Å². The number of hydrogen-bond donors (Lipinski definition) is 0. The maximum Gasteiger partial charge on any atom is 0.291 e. The lowest BCUT2D eigenvalue weighted by molar-refractivity contribution is 0.556. The summed E-state index contributed by atoms with van der Waals surface area (Å²) in [6, 6.07) is 7.17. The van der Waals surface area contributed by atoms with Crippen molar-refractivity contribution in [2.24, 2.45) is 0 Å². The lowest BCUT2D eigenvalue weighted by Gasteiger charge is -1.90. The van der Waals surface area contributed by atoms with Crippen LogP contribution in [0.4, 0.5) is 0 Å². The molecular formula is C14H8N4O2S. The summed E-state index contributed by atoms with van der Waals surface area (Å²) in [5.74, 6) is 1.15. The van der Waals surface area contributed by atoms with E-state index in [1.807, 2.05) is 0 Å². The Kier molecular flexibility index (Phi) is 2.65. The molecular weight excluding hydrogens is 288 g/mol. The molecule has 0 fully saturated rings. The third-order valence-electron chi connectivity index (χ3n) is 2.94. The molecule has 0 radical (unpaired) electrons. The van der Waals surface area contributed by atoms with Gasteiger partial charge in [0.15, 0.2) is 5.82 Å². The molecule has 0 unspecified atom stereocenters. The average molecular weight is 296 g/mol. The fraction of sp³-hybridized carbons (Fsp3) is 0. The molecule has 0 N–H and O–H groups in total. The van der Waals surface area contributed by atoms with Crippen LogP contribution < -0.4 is 10.1 Å². The van der Waals surface area contributed by atoms with Crippen molar-refractivity contribution in [2.75, 3.05) is 0 Å². The number of aromatic nitrogens is 4. The van der Waals surface area contributed by atoms with Gasteiger partial charge in [0.2, 0.25) is 4.96 Å². The van der Waals surface area contributed by atoms with E-state index in [1.165, 1.54) is 15.9 Å². The van der Waals surface area contributed by atoms with Crippen molar-refractivity contribution >= 4 is 22.4 Å². The minimum absolute atomic E-state index is 0.195. The Bertz CT molecular complexity index is 1000. The second-order valence-electron chi connectivity index (χ2n) is 4.30. The summed E-state index contributed by atoms with van der Waals surface area (Å²) in [6.07, 6.45) is 6.58. The van der Waals surface area contributed by atoms with E-state index in [-0.39, 0.29) is 5.56 Å². The number of rotatable bonds is 2. The molecule has 4 heterocycles. The molecule has 0 atom stereocenters. The van der Waals surface area contributed by atoms with Gasteiger partial charge in [-0.05, 0) is 24.3 Å². The highest BCUT2D eigenvalue weighted by atomic mass is 32.1. The third kappa shape index (κ3) is 2.03. The zero-order chi connectivity index (χ0) is 14.2. The lowest BCUT2D eigenvalue weighted by atomic mass is 10.3. The number of hydrogen-bond acceptors (Lipinski definition) is 6. The van der Waals surface area contributed by atoms with Gasteiger partial charge in [-0.3, -0.25) is 9.78 Å². The maximum atomic E-state index is 12.3. The number of thiazole rings is 1. The molecule has 0 saturated carbocycles. The highest BCUT2D eigenvalue weighted by molar-refractivity contribution is 7.15. The molecule has 6 nitrogen and oxygen atoms in total. The normalized spacial score (nSPS) is 12.3. The Morgan fingerprint density at radius 3 is 2.81 bits per heavy atom. The van der Waals surface area contributed by atoms with Gasteiger partial charge in [0.1, 0.15) is 10.3 Å². The molecule has 4 aromatic heterocycles. The summed E-state index contributed by atoms with van der Waals surface area (Å²) in [5.41, 5.74) is 0.635. The highest BCUT2D eigenvalue weighted by Crippen LogP contribution is 2.14. The van der Waals surface area contributed by atoms with Crippen LogP contribution >= 0.6 is 11.3 Å². The second-order valence-corrected chi connectivity index (χ2v) is 5.31. The summed E-state index contributed by atoms with van der Waals surface area (Å²) < 4.78 is 7.07. The molecule has 0 spiro atoms. The minimum Gasteiger partial charge on any atom is -0.465 e. The van der Waals surface area contributed by atoms with Gasteiger partial charge in [-0.2, -0.15) is 9.50 Å². The van der Waals surface area contributed by atoms with Gasteiger partial charge in [-0.25, -0.2) is 0 Å². The SMILES string of the molecule is O=c1/c(=C/c2ccco2)sc2nc(-c3ccncc3)nn12. The van der Waals surface area contributed by atoms with E-state index < -0.39 is 0 Å². The van der Waals surface area contributed by atoms with Crippen molar-refractivity contribution in [1.82, 2.24) is 19.6 Å². The van der Waals surface area contributed by atoms with Crippen LogP contribution in [-0.4, -0.2) is 19.6 Å². The molecule has 102 valence electrons. The zero-order valence-corrected chi connectivity index (χ0v) is 11.4. The molecule has 21 heavy (non-hydrogen) atoms. The molecule has 0 aliphatic rings. The highest BCUT2D eigenvalue weighted by Gasteiger charge is 2.11. The minimum atomic E-state index is -0.195. The van der Waals surface area contributed by atoms with Crippen molar-refractivity contribution in [1.29, 1.82) is 0 Å². The van der Waals surface area contributed by atoms with E-state index in [2.05, 4.69) is 15.1 Å². The standard InChI is InChI=1S/C14H8N4O2S/c19-13-11(8-10-2-1-7-20-10)21-14-16-12(17-18(13)14)9-3-5-15-6-4-9/h1-8H/b11-8-. The Balaban J connectivity index is 1.87. The van der Waals surface area contributed by atoms with Crippen LogP contribution in [0.1, 0.15) is 5.76 Å². The first-order chi connectivity index (χ1) is 10.3. The van der Waals surface area contributed by atoms with Gasteiger partial charge >= 0.3 is 0 Å². The number of furan rings is 1. The molecule has 0 aliphatic heterocycles. The van der Waals surface area contributed by atoms with Gasteiger partial charge in [0, 0.05) is 24.0 Å². The van der Waals surface area contributed by atoms with Crippen LogP contribution in [-0.2, 0) is 0 Å². The maximum absolute atomic E-state index is 12.3. The number of fused-ring (bicyclic) bond motifs is 1. The van der Waals surface area contributed by atoms with Crippen LogP contribution in [0, 0.1) is 0 Å². The Morgan fingerprint density at radius 1 is 1.24 bits per heavy atom. The molecule has 0 aromatic carbocycles. The largest absolute Gasteiger partial charge is 0.465 e. The fourth-order valence-electron chi connectivity index (χ4n) is 1.96. The zero-order valence-electron chi connectivity index (χ0n) is 10.6. The summed E-state index contributed by atoms with van der Waals surface area (Å²) in [6.45, 7) is 0. The Hall–Kier alpha value is -2.80. The quantitative estimate of drug-likeness (QED) is 0.558. The Labute approximate surface area is 122 Å². The Morgan fingerprint density at radius 2 is 2.10 bits per heavy atom. The first kappa shape index (κ1) is 12.0. The predicted octanol–water partition coefficient (Wildman–Crippen LogP) is 1.35. The van der Waals surface area contributed by atoms with E-state index >= 15 is 0 Å². The summed E-state index contributed by atoms with van der Waals surface area (Å²) >= 11 is 1.28. The van der Waals surface area contributed by atoms with Crippen molar-refractivity contribution in [3.8, 4) is 11.4 Å². The summed E-state index contributed by atoms with van der Waals surface area (Å²) in [5, 5.41) is 4.26. The first-order valence-electron chi connectivity index (χ1n) is 6.16. The van der Waals surface area contributed by atoms with Gasteiger partial charge in [0.25, 0.3) is 5.56 Å². The van der Waals surface area contributed by atoms with Crippen molar-refractivity contribution in [3.63, 3.8) is 0 Å². The van der Waals surface area contributed by atoms with E-state index in [0.29, 0.717) is 21.1 Å². The molecule has 0 bridgehead atoms. The first-order valence-corrected chi connectivity index (χ1v) is 6.98. The van der Waals surface area contributed by atoms with Crippen molar-refractivity contribution in [3.05, 3.63) is 63.6 Å². The van der Waals surface area contributed by atoms with Gasteiger partial charge in [-0.15, -0.1) is 5.10 Å². The molecule has 0 amide bonds. The average Bonchev–Trinajstić information content (AvgIpc) is 3.21. The molecule has 0 saturated heterocycles. The van der Waals surface area contributed by atoms with Gasteiger partial charge in [0.05, 0.1) is 6.26 Å². The van der Waals surface area contributed by atoms with Crippen molar-refractivity contribution in [2.45, 2.75) is 0 Å². The summed E-state index contributed by atoms with van der Waals surface area (Å²) in [7, 11) is 0. The number of pyridine rings is 1. The topological polar surface area (TPSA) is 73.3 Å². The predicted molar refractivity (Wildman–Crippen MR) is 77.9 cm³/mol. The van der Waals surface area contributed by atoms with E-state index in [0.717, 1.165) is 5.56 Å². The van der Waals surface area contributed by atoms with Crippen LogP contribution in [0.5, 0.6) is 0 Å².